The van der Waals surface area contributed by atoms with E-state index in [0.29, 0.717) is 24.2 Å². The fourth-order valence-electron chi connectivity index (χ4n) is 2.03. The Labute approximate surface area is 111 Å². The molecule has 19 heavy (non-hydrogen) atoms. The molecule has 1 saturated heterocycles. The van der Waals surface area contributed by atoms with E-state index in [4.69, 9.17) is 10.5 Å². The van der Waals surface area contributed by atoms with Gasteiger partial charge in [0.1, 0.15) is 0 Å². The Hall–Kier alpha value is -1.92. The SMILES string of the molecule is COC1CNC(C(=O)Nc2ccc(C(N)=O)cc2)C1. The molecule has 1 fully saturated rings. The van der Waals surface area contributed by atoms with Crippen molar-refractivity contribution in [3.63, 3.8) is 0 Å². The number of anilines is 1. The molecule has 1 aromatic carbocycles. The van der Waals surface area contributed by atoms with Gasteiger partial charge in [0, 0.05) is 24.9 Å². The Kier molecular flexibility index (Phi) is 4.13. The van der Waals surface area contributed by atoms with Crippen LogP contribution in [-0.4, -0.2) is 37.6 Å². The van der Waals surface area contributed by atoms with Crippen LogP contribution in [0.5, 0.6) is 0 Å². The Balaban J connectivity index is 1.94. The first-order valence-electron chi connectivity index (χ1n) is 6.07. The molecule has 0 radical (unpaired) electrons. The molecule has 4 N–H and O–H groups in total. The molecular formula is C13H17N3O3. The third-order valence-electron chi connectivity index (χ3n) is 3.18. The number of hydrogen-bond acceptors (Lipinski definition) is 4. The molecule has 0 bridgehead atoms. The molecule has 0 aromatic heterocycles. The molecule has 6 heteroatoms. The van der Waals surface area contributed by atoms with E-state index in [2.05, 4.69) is 10.6 Å². The lowest BCUT2D eigenvalue weighted by atomic mass is 10.1. The number of rotatable bonds is 4. The Morgan fingerprint density at radius 3 is 2.58 bits per heavy atom. The van der Waals surface area contributed by atoms with E-state index in [1.54, 1.807) is 31.4 Å². The molecule has 1 heterocycles. The van der Waals surface area contributed by atoms with Crippen molar-refractivity contribution in [2.75, 3.05) is 19.0 Å². The molecule has 1 aliphatic heterocycles. The van der Waals surface area contributed by atoms with Crippen LogP contribution in [0.2, 0.25) is 0 Å². The van der Waals surface area contributed by atoms with Crippen LogP contribution in [-0.2, 0) is 9.53 Å². The highest BCUT2D eigenvalue weighted by molar-refractivity contribution is 5.96. The molecule has 6 nitrogen and oxygen atoms in total. The minimum atomic E-state index is -0.488. The monoisotopic (exact) mass is 263 g/mol. The lowest BCUT2D eigenvalue weighted by Gasteiger charge is -2.11. The quantitative estimate of drug-likeness (QED) is 0.718. The van der Waals surface area contributed by atoms with Gasteiger partial charge in [-0.2, -0.15) is 0 Å². The zero-order valence-corrected chi connectivity index (χ0v) is 10.7. The van der Waals surface area contributed by atoms with E-state index in [9.17, 15) is 9.59 Å². The van der Waals surface area contributed by atoms with Gasteiger partial charge < -0.3 is 21.1 Å². The third kappa shape index (κ3) is 3.30. The number of nitrogens with one attached hydrogen (secondary N) is 2. The Morgan fingerprint density at radius 1 is 1.37 bits per heavy atom. The fraction of sp³-hybridized carbons (Fsp3) is 0.385. The van der Waals surface area contributed by atoms with Gasteiger partial charge in [0.2, 0.25) is 11.8 Å². The van der Waals surface area contributed by atoms with Gasteiger partial charge in [0.05, 0.1) is 12.1 Å². The van der Waals surface area contributed by atoms with Gasteiger partial charge in [-0.15, -0.1) is 0 Å². The van der Waals surface area contributed by atoms with Crippen molar-refractivity contribution in [2.45, 2.75) is 18.6 Å². The minimum Gasteiger partial charge on any atom is -0.380 e. The standard InChI is InChI=1S/C13H17N3O3/c1-19-10-6-11(15-7-10)13(18)16-9-4-2-8(3-5-9)12(14)17/h2-5,10-11,15H,6-7H2,1H3,(H2,14,17)(H,16,18). The molecule has 1 aromatic rings. The van der Waals surface area contributed by atoms with Gasteiger partial charge in [0.15, 0.2) is 0 Å². The van der Waals surface area contributed by atoms with E-state index in [1.165, 1.54) is 0 Å². The molecule has 2 rings (SSSR count). The zero-order valence-electron chi connectivity index (χ0n) is 10.7. The highest BCUT2D eigenvalue weighted by Gasteiger charge is 2.29. The maximum Gasteiger partial charge on any atom is 0.248 e. The molecule has 2 amide bonds. The van der Waals surface area contributed by atoms with E-state index < -0.39 is 5.91 Å². The van der Waals surface area contributed by atoms with Crippen LogP contribution < -0.4 is 16.4 Å². The van der Waals surface area contributed by atoms with Crippen LogP contribution in [0.4, 0.5) is 5.69 Å². The predicted molar refractivity (Wildman–Crippen MR) is 70.8 cm³/mol. The largest absolute Gasteiger partial charge is 0.380 e. The average molecular weight is 263 g/mol. The maximum atomic E-state index is 12.0. The summed E-state index contributed by atoms with van der Waals surface area (Å²) in [6, 6.07) is 6.22. The van der Waals surface area contributed by atoms with Gasteiger partial charge in [-0.05, 0) is 30.7 Å². The van der Waals surface area contributed by atoms with E-state index >= 15 is 0 Å². The third-order valence-corrected chi connectivity index (χ3v) is 3.18. The van der Waals surface area contributed by atoms with Crippen LogP contribution in [0.25, 0.3) is 0 Å². The molecule has 0 aliphatic carbocycles. The van der Waals surface area contributed by atoms with Gasteiger partial charge in [0.25, 0.3) is 0 Å². The lowest BCUT2D eigenvalue weighted by Crippen LogP contribution is -2.35. The molecule has 2 atom stereocenters. The summed E-state index contributed by atoms with van der Waals surface area (Å²) < 4.78 is 5.19. The molecule has 0 spiro atoms. The molecular weight excluding hydrogens is 246 g/mol. The van der Waals surface area contributed by atoms with Gasteiger partial charge in [-0.25, -0.2) is 0 Å². The fourth-order valence-corrected chi connectivity index (χ4v) is 2.03. The topological polar surface area (TPSA) is 93.4 Å². The van der Waals surface area contributed by atoms with Crippen LogP contribution in [0.15, 0.2) is 24.3 Å². The second-order valence-electron chi connectivity index (χ2n) is 4.49. The predicted octanol–water partition coefficient (Wildman–Crippen LogP) is 0.101. The summed E-state index contributed by atoms with van der Waals surface area (Å²) in [5.74, 6) is -0.593. The number of ether oxygens (including phenoxy) is 1. The number of nitrogens with two attached hydrogens (primary N) is 1. The summed E-state index contributed by atoms with van der Waals surface area (Å²) in [6.45, 7) is 0.676. The van der Waals surface area contributed by atoms with E-state index in [1.807, 2.05) is 0 Å². The molecule has 2 unspecified atom stereocenters. The summed E-state index contributed by atoms with van der Waals surface area (Å²) in [5, 5.41) is 5.88. The van der Waals surface area contributed by atoms with Crippen LogP contribution in [0.1, 0.15) is 16.8 Å². The normalized spacial score (nSPS) is 22.2. The summed E-state index contributed by atoms with van der Waals surface area (Å²) in [7, 11) is 1.63. The van der Waals surface area contributed by atoms with Crippen molar-refractivity contribution in [3.05, 3.63) is 29.8 Å². The van der Waals surface area contributed by atoms with Crippen molar-refractivity contribution >= 4 is 17.5 Å². The minimum absolute atomic E-state index is 0.0768. The summed E-state index contributed by atoms with van der Waals surface area (Å²) >= 11 is 0. The van der Waals surface area contributed by atoms with Gasteiger partial charge >= 0.3 is 0 Å². The first-order valence-corrected chi connectivity index (χ1v) is 6.07. The molecule has 102 valence electrons. The smallest absolute Gasteiger partial charge is 0.248 e. The highest BCUT2D eigenvalue weighted by Crippen LogP contribution is 2.13. The number of primary amides is 1. The van der Waals surface area contributed by atoms with Crippen LogP contribution in [0, 0.1) is 0 Å². The molecule has 0 saturated carbocycles. The van der Waals surface area contributed by atoms with Crippen molar-refractivity contribution in [2.24, 2.45) is 5.73 Å². The van der Waals surface area contributed by atoms with Gasteiger partial charge in [-0.1, -0.05) is 0 Å². The second kappa shape index (κ2) is 5.81. The number of amides is 2. The first-order chi connectivity index (χ1) is 9.10. The Bertz CT molecular complexity index is 473. The number of hydrogen-bond donors (Lipinski definition) is 3. The number of methoxy groups -OCH3 is 1. The van der Waals surface area contributed by atoms with Crippen LogP contribution in [0.3, 0.4) is 0 Å². The molecule has 1 aliphatic rings. The summed E-state index contributed by atoms with van der Waals surface area (Å²) in [4.78, 5) is 22.9. The van der Waals surface area contributed by atoms with Crippen LogP contribution >= 0.6 is 0 Å². The van der Waals surface area contributed by atoms with Crippen molar-refractivity contribution in [3.8, 4) is 0 Å². The first kappa shape index (κ1) is 13.5. The van der Waals surface area contributed by atoms with Crippen molar-refractivity contribution in [1.29, 1.82) is 0 Å². The summed E-state index contributed by atoms with van der Waals surface area (Å²) in [5.41, 5.74) is 6.20. The second-order valence-corrected chi connectivity index (χ2v) is 4.49. The van der Waals surface area contributed by atoms with E-state index in [-0.39, 0.29) is 18.1 Å². The number of benzene rings is 1. The number of carbonyl (C=O) groups excluding carboxylic acids is 2. The zero-order chi connectivity index (χ0) is 13.8. The highest BCUT2D eigenvalue weighted by atomic mass is 16.5. The van der Waals surface area contributed by atoms with Crippen molar-refractivity contribution < 1.29 is 14.3 Å². The maximum absolute atomic E-state index is 12.0. The lowest BCUT2D eigenvalue weighted by molar-refractivity contribution is -0.118. The van der Waals surface area contributed by atoms with E-state index in [0.717, 1.165) is 0 Å². The van der Waals surface area contributed by atoms with Gasteiger partial charge in [-0.3, -0.25) is 9.59 Å². The Morgan fingerprint density at radius 2 is 2.05 bits per heavy atom. The van der Waals surface area contributed by atoms with Crippen molar-refractivity contribution in [1.82, 2.24) is 5.32 Å². The average Bonchev–Trinajstić information content (AvgIpc) is 2.88. The summed E-state index contributed by atoms with van der Waals surface area (Å²) in [6.07, 6.45) is 0.731. The number of carbonyl (C=O) groups is 2.